The molecule has 1 aromatic carbocycles. The van der Waals surface area contributed by atoms with Gasteiger partial charge in [0.1, 0.15) is 5.82 Å². The average molecular weight is 307 g/mol. The molecule has 0 radical (unpaired) electrons. The molecule has 0 aliphatic carbocycles. The number of nitrogens with zero attached hydrogens (tertiary/aromatic N) is 3. The van der Waals surface area contributed by atoms with Crippen molar-refractivity contribution < 1.29 is 9.60 Å². The summed E-state index contributed by atoms with van der Waals surface area (Å²) in [5.41, 5.74) is 7.74. The molecule has 3 rings (SSSR count). The van der Waals surface area contributed by atoms with Crippen molar-refractivity contribution in [2.24, 2.45) is 10.9 Å². The molecule has 1 aliphatic heterocycles. The van der Waals surface area contributed by atoms with E-state index in [1.165, 1.54) is 18.3 Å². The van der Waals surface area contributed by atoms with Crippen LogP contribution in [0.5, 0.6) is 0 Å². The lowest BCUT2D eigenvalue weighted by Crippen LogP contribution is -2.19. The quantitative estimate of drug-likeness (QED) is 0.387. The SMILES string of the molecule is N/C(=N/O)c1ccnc(N2CCc3ccc(F)cc32)c1Cl. The van der Waals surface area contributed by atoms with Gasteiger partial charge in [-0.3, -0.25) is 0 Å². The Morgan fingerprint density at radius 3 is 3.00 bits per heavy atom. The van der Waals surface area contributed by atoms with Crippen molar-refractivity contribution >= 4 is 28.9 Å². The number of nitrogens with two attached hydrogens (primary N) is 1. The highest BCUT2D eigenvalue weighted by Crippen LogP contribution is 2.38. The first-order chi connectivity index (χ1) is 10.1. The summed E-state index contributed by atoms with van der Waals surface area (Å²) >= 11 is 6.30. The van der Waals surface area contributed by atoms with E-state index in [4.69, 9.17) is 22.5 Å². The molecule has 21 heavy (non-hydrogen) atoms. The number of hydrogen-bond donors (Lipinski definition) is 2. The van der Waals surface area contributed by atoms with E-state index >= 15 is 0 Å². The maximum Gasteiger partial charge on any atom is 0.171 e. The molecule has 0 amide bonds. The number of hydrogen-bond acceptors (Lipinski definition) is 4. The predicted molar refractivity (Wildman–Crippen MR) is 78.9 cm³/mol. The maximum atomic E-state index is 13.5. The van der Waals surface area contributed by atoms with E-state index in [1.807, 2.05) is 4.90 Å². The Morgan fingerprint density at radius 1 is 1.43 bits per heavy atom. The van der Waals surface area contributed by atoms with Gasteiger partial charge in [-0.25, -0.2) is 9.37 Å². The Kier molecular flexibility index (Phi) is 3.39. The van der Waals surface area contributed by atoms with Crippen molar-refractivity contribution in [3.63, 3.8) is 0 Å². The van der Waals surface area contributed by atoms with Crippen LogP contribution < -0.4 is 10.6 Å². The molecule has 0 unspecified atom stereocenters. The molecule has 0 bridgehead atoms. The molecule has 0 saturated heterocycles. The summed E-state index contributed by atoms with van der Waals surface area (Å²) in [5.74, 6) is 0.0526. The second kappa shape index (κ2) is 5.21. The zero-order valence-electron chi connectivity index (χ0n) is 10.9. The van der Waals surface area contributed by atoms with E-state index in [1.54, 1.807) is 12.1 Å². The number of fused-ring (bicyclic) bond motifs is 1. The van der Waals surface area contributed by atoms with Gasteiger partial charge in [0.2, 0.25) is 0 Å². The lowest BCUT2D eigenvalue weighted by atomic mass is 10.1. The zero-order chi connectivity index (χ0) is 15.0. The van der Waals surface area contributed by atoms with Crippen LogP contribution in [0.2, 0.25) is 5.02 Å². The van der Waals surface area contributed by atoms with E-state index in [0.29, 0.717) is 17.9 Å². The van der Waals surface area contributed by atoms with Crippen molar-refractivity contribution in [3.05, 3.63) is 52.4 Å². The minimum Gasteiger partial charge on any atom is -0.409 e. The number of aromatic nitrogens is 1. The number of rotatable bonds is 2. The number of oxime groups is 1. The molecule has 1 aromatic heterocycles. The van der Waals surface area contributed by atoms with Crippen LogP contribution in [-0.2, 0) is 6.42 Å². The first-order valence-electron chi connectivity index (χ1n) is 6.30. The normalized spacial score (nSPS) is 14.4. The van der Waals surface area contributed by atoms with E-state index in [-0.39, 0.29) is 16.7 Å². The molecule has 5 nitrogen and oxygen atoms in total. The van der Waals surface area contributed by atoms with Crippen LogP contribution in [0.1, 0.15) is 11.1 Å². The van der Waals surface area contributed by atoms with Crippen LogP contribution in [0.4, 0.5) is 15.9 Å². The molecule has 2 aromatic rings. The van der Waals surface area contributed by atoms with Gasteiger partial charge in [0.15, 0.2) is 11.7 Å². The second-order valence-electron chi connectivity index (χ2n) is 4.66. The summed E-state index contributed by atoms with van der Waals surface area (Å²) < 4.78 is 13.5. The van der Waals surface area contributed by atoms with Gasteiger partial charge in [-0.1, -0.05) is 22.8 Å². The van der Waals surface area contributed by atoms with Crippen LogP contribution in [0.25, 0.3) is 0 Å². The fourth-order valence-corrected chi connectivity index (χ4v) is 2.76. The monoisotopic (exact) mass is 306 g/mol. The van der Waals surface area contributed by atoms with Crippen LogP contribution >= 0.6 is 11.6 Å². The molecule has 2 heterocycles. The third kappa shape index (κ3) is 2.27. The largest absolute Gasteiger partial charge is 0.409 e. The Hall–Kier alpha value is -2.34. The molecule has 0 fully saturated rings. The Bertz CT molecular complexity index is 735. The first-order valence-corrected chi connectivity index (χ1v) is 6.68. The number of benzene rings is 1. The molecule has 1 aliphatic rings. The molecule has 108 valence electrons. The Labute approximate surface area is 125 Å². The van der Waals surface area contributed by atoms with Crippen molar-refractivity contribution in [2.45, 2.75) is 6.42 Å². The Balaban J connectivity index is 2.10. The van der Waals surface area contributed by atoms with Crippen LogP contribution in [-0.4, -0.2) is 22.6 Å². The Morgan fingerprint density at radius 2 is 2.24 bits per heavy atom. The molecule has 3 N–H and O–H groups in total. The van der Waals surface area contributed by atoms with Crippen LogP contribution in [0, 0.1) is 5.82 Å². The topological polar surface area (TPSA) is 74.7 Å². The van der Waals surface area contributed by atoms with Gasteiger partial charge in [0.05, 0.1) is 5.02 Å². The molecule has 0 spiro atoms. The van der Waals surface area contributed by atoms with E-state index in [0.717, 1.165) is 17.7 Å². The van der Waals surface area contributed by atoms with Gasteiger partial charge >= 0.3 is 0 Å². The highest BCUT2D eigenvalue weighted by Gasteiger charge is 2.25. The van der Waals surface area contributed by atoms with Crippen LogP contribution in [0.15, 0.2) is 35.6 Å². The second-order valence-corrected chi connectivity index (χ2v) is 5.03. The van der Waals surface area contributed by atoms with Gasteiger partial charge in [-0.15, -0.1) is 0 Å². The van der Waals surface area contributed by atoms with E-state index < -0.39 is 0 Å². The minimum atomic E-state index is -0.315. The molecule has 0 atom stereocenters. The standard InChI is InChI=1S/C14H12ClFN4O/c15-12-10(13(17)19-21)3-5-18-14(12)20-6-4-8-1-2-9(16)7-11(8)20/h1-3,5,7,21H,4,6H2,(H2,17,19). The number of halogens is 2. The maximum absolute atomic E-state index is 13.5. The highest BCUT2D eigenvalue weighted by atomic mass is 35.5. The zero-order valence-corrected chi connectivity index (χ0v) is 11.7. The molecular formula is C14H12ClFN4O. The van der Waals surface area contributed by atoms with Gasteiger partial charge in [0, 0.05) is 24.0 Å². The summed E-state index contributed by atoms with van der Waals surface area (Å²) in [6.45, 7) is 0.644. The third-order valence-electron chi connectivity index (χ3n) is 3.45. The number of pyridine rings is 1. The third-order valence-corrected chi connectivity index (χ3v) is 3.83. The summed E-state index contributed by atoms with van der Waals surface area (Å²) in [5, 5.41) is 12.0. The number of anilines is 2. The fraction of sp³-hybridized carbons (Fsp3) is 0.143. The molecule has 7 heteroatoms. The first kappa shape index (κ1) is 13.6. The van der Waals surface area contributed by atoms with Gasteiger partial charge in [-0.2, -0.15) is 0 Å². The van der Waals surface area contributed by atoms with Crippen molar-refractivity contribution in [1.82, 2.24) is 4.98 Å². The van der Waals surface area contributed by atoms with Crippen LogP contribution in [0.3, 0.4) is 0 Å². The highest BCUT2D eigenvalue weighted by molar-refractivity contribution is 6.36. The smallest absolute Gasteiger partial charge is 0.171 e. The summed E-state index contributed by atoms with van der Waals surface area (Å²) in [7, 11) is 0. The summed E-state index contributed by atoms with van der Waals surface area (Å²) in [6, 6.07) is 6.20. The number of amidine groups is 1. The van der Waals surface area contributed by atoms with Gasteiger partial charge in [0.25, 0.3) is 0 Å². The molecule has 0 saturated carbocycles. The van der Waals surface area contributed by atoms with E-state index in [2.05, 4.69) is 10.1 Å². The lowest BCUT2D eigenvalue weighted by molar-refractivity contribution is 0.318. The van der Waals surface area contributed by atoms with E-state index in [9.17, 15) is 4.39 Å². The van der Waals surface area contributed by atoms with Crippen molar-refractivity contribution in [1.29, 1.82) is 0 Å². The summed E-state index contributed by atoms with van der Waals surface area (Å²) in [4.78, 5) is 6.07. The molecular weight excluding hydrogens is 295 g/mol. The van der Waals surface area contributed by atoms with Crippen molar-refractivity contribution in [3.8, 4) is 0 Å². The van der Waals surface area contributed by atoms with Gasteiger partial charge in [-0.05, 0) is 30.2 Å². The predicted octanol–water partition coefficient (Wildman–Crippen LogP) is 2.66. The average Bonchev–Trinajstić information content (AvgIpc) is 2.89. The summed E-state index contributed by atoms with van der Waals surface area (Å²) in [6.07, 6.45) is 2.30. The van der Waals surface area contributed by atoms with Gasteiger partial charge < -0.3 is 15.8 Å². The fourth-order valence-electron chi connectivity index (χ4n) is 2.44. The van der Waals surface area contributed by atoms with Crippen molar-refractivity contribution in [2.75, 3.05) is 11.4 Å². The lowest BCUT2D eigenvalue weighted by Gasteiger charge is -2.20. The minimum absolute atomic E-state index is 0.0951.